The highest BCUT2D eigenvalue weighted by Crippen LogP contribution is 2.28. The predicted octanol–water partition coefficient (Wildman–Crippen LogP) is 2.82. The third-order valence-electron chi connectivity index (χ3n) is 6.45. The van der Waals surface area contributed by atoms with Gasteiger partial charge in [0.05, 0.1) is 11.4 Å². The zero-order valence-corrected chi connectivity index (χ0v) is 20.4. The summed E-state index contributed by atoms with van der Waals surface area (Å²) in [6.45, 7) is 7.05. The molecule has 0 bridgehead atoms. The van der Waals surface area contributed by atoms with Gasteiger partial charge in [-0.1, -0.05) is 25.2 Å². The highest BCUT2D eigenvalue weighted by Gasteiger charge is 2.36. The Bertz CT molecular complexity index is 1400. The summed E-state index contributed by atoms with van der Waals surface area (Å²) in [5.74, 6) is 1.08. The number of amidine groups is 1. The van der Waals surface area contributed by atoms with Crippen LogP contribution in [0.1, 0.15) is 32.9 Å². The molecule has 0 fully saturated rings. The number of rotatable bonds is 7. The summed E-state index contributed by atoms with van der Waals surface area (Å²) in [6.07, 6.45) is 9.63. The normalized spacial score (nSPS) is 18.3. The van der Waals surface area contributed by atoms with E-state index in [0.717, 1.165) is 22.2 Å². The second-order valence-corrected chi connectivity index (χ2v) is 8.60. The molecule has 5 rings (SSSR count). The summed E-state index contributed by atoms with van der Waals surface area (Å²) in [5.41, 5.74) is 3.69. The van der Waals surface area contributed by atoms with Crippen molar-refractivity contribution in [2.45, 2.75) is 39.3 Å². The Morgan fingerprint density at radius 1 is 1.08 bits per heavy atom. The Labute approximate surface area is 208 Å². The summed E-state index contributed by atoms with van der Waals surface area (Å²) in [6, 6.07) is 5.24. The monoisotopic (exact) mass is 484 g/mol. The van der Waals surface area contributed by atoms with Crippen LogP contribution in [-0.2, 0) is 9.59 Å². The molecule has 2 aliphatic rings. The number of likely N-dealkylation sites (N-methyl/N-ethyl adjacent to an activating group) is 1. The van der Waals surface area contributed by atoms with Crippen LogP contribution < -0.4 is 10.6 Å². The number of fused-ring (bicyclic) bond motifs is 2. The van der Waals surface area contributed by atoms with Gasteiger partial charge in [0.25, 0.3) is 5.91 Å². The number of nitrogens with one attached hydrogen (secondary N) is 3. The standard InChI is InChI=1S/C26H28N8O2/c1-4-21(35)30-20-11-10-15(13-27-20)16-12-18-23(32-33-24(18)28-14-16)25-29-19-9-7-8-17(22(19)31-25)26(36)34(5-2)6-3/h7-14,19,22H,4-6H2,1-3H3,(H,29,31)(H,27,30,35)(H,28,32,33). The van der Waals surface area contributed by atoms with Crippen LogP contribution in [0.2, 0.25) is 0 Å². The van der Waals surface area contributed by atoms with Crippen LogP contribution in [0.4, 0.5) is 5.82 Å². The molecule has 10 nitrogen and oxygen atoms in total. The van der Waals surface area contributed by atoms with Crippen LogP contribution in [-0.4, -0.2) is 67.9 Å². The summed E-state index contributed by atoms with van der Waals surface area (Å²) in [7, 11) is 0. The maximum atomic E-state index is 13.1. The lowest BCUT2D eigenvalue weighted by molar-refractivity contribution is -0.127. The lowest BCUT2D eigenvalue weighted by Crippen LogP contribution is -2.41. The van der Waals surface area contributed by atoms with Gasteiger partial charge in [-0.3, -0.25) is 19.7 Å². The van der Waals surface area contributed by atoms with Crippen LogP contribution in [0, 0.1) is 0 Å². The Balaban J connectivity index is 1.44. The van der Waals surface area contributed by atoms with Gasteiger partial charge < -0.3 is 15.5 Å². The number of nitrogens with zero attached hydrogens (tertiary/aromatic N) is 5. The molecule has 0 saturated heterocycles. The van der Waals surface area contributed by atoms with Crippen molar-refractivity contribution >= 4 is 34.5 Å². The van der Waals surface area contributed by atoms with E-state index in [1.807, 2.05) is 49.1 Å². The van der Waals surface area contributed by atoms with Crippen molar-refractivity contribution in [3.8, 4) is 11.1 Å². The molecule has 184 valence electrons. The molecule has 36 heavy (non-hydrogen) atoms. The molecule has 3 aromatic rings. The number of carbonyl (C=O) groups excluding carboxylic acids is 2. The van der Waals surface area contributed by atoms with Crippen molar-refractivity contribution in [1.82, 2.24) is 30.4 Å². The molecule has 0 saturated carbocycles. The molecule has 2 atom stereocenters. The molecular weight excluding hydrogens is 456 g/mol. The highest BCUT2D eigenvalue weighted by atomic mass is 16.2. The fourth-order valence-corrected chi connectivity index (χ4v) is 4.42. The first-order chi connectivity index (χ1) is 17.5. The lowest BCUT2D eigenvalue weighted by Gasteiger charge is -2.26. The van der Waals surface area contributed by atoms with Gasteiger partial charge in [-0.2, -0.15) is 5.10 Å². The third-order valence-corrected chi connectivity index (χ3v) is 6.45. The molecule has 0 spiro atoms. The van der Waals surface area contributed by atoms with Crippen molar-refractivity contribution < 1.29 is 9.59 Å². The summed E-state index contributed by atoms with van der Waals surface area (Å²) >= 11 is 0. The van der Waals surface area contributed by atoms with E-state index in [1.165, 1.54) is 0 Å². The fraction of sp³-hybridized carbons (Fsp3) is 0.308. The number of aliphatic imine (C=N–C) groups is 1. The van der Waals surface area contributed by atoms with E-state index in [0.29, 0.717) is 42.4 Å². The van der Waals surface area contributed by atoms with Crippen LogP contribution in [0.3, 0.4) is 0 Å². The number of H-pyrrole nitrogens is 1. The molecule has 10 heteroatoms. The molecule has 3 N–H and O–H groups in total. The number of hydrogen-bond acceptors (Lipinski definition) is 7. The zero-order chi connectivity index (χ0) is 25.2. The molecular formula is C26H28N8O2. The molecule has 3 aromatic heterocycles. The van der Waals surface area contributed by atoms with Crippen molar-refractivity contribution in [2.75, 3.05) is 18.4 Å². The van der Waals surface area contributed by atoms with Crippen molar-refractivity contribution in [3.63, 3.8) is 0 Å². The average molecular weight is 485 g/mol. The van der Waals surface area contributed by atoms with E-state index in [4.69, 9.17) is 4.99 Å². The number of hydrogen-bond donors (Lipinski definition) is 3. The van der Waals surface area contributed by atoms with Gasteiger partial charge in [-0.25, -0.2) is 9.97 Å². The second kappa shape index (κ2) is 9.73. The Morgan fingerprint density at radius 2 is 1.89 bits per heavy atom. The molecule has 1 aliphatic heterocycles. The number of aromatic amines is 1. The molecule has 1 aliphatic carbocycles. The first-order valence-corrected chi connectivity index (χ1v) is 12.1. The summed E-state index contributed by atoms with van der Waals surface area (Å²) in [5, 5.41) is 14.4. The summed E-state index contributed by atoms with van der Waals surface area (Å²) in [4.78, 5) is 40.2. The zero-order valence-electron chi connectivity index (χ0n) is 20.4. The maximum absolute atomic E-state index is 13.1. The number of anilines is 1. The Kier molecular flexibility index (Phi) is 6.32. The number of amides is 2. The quantitative estimate of drug-likeness (QED) is 0.473. The second-order valence-electron chi connectivity index (χ2n) is 8.60. The third kappa shape index (κ3) is 4.26. The van der Waals surface area contributed by atoms with Crippen molar-refractivity contribution in [1.29, 1.82) is 0 Å². The maximum Gasteiger partial charge on any atom is 0.252 e. The molecule has 0 radical (unpaired) electrons. The fourth-order valence-electron chi connectivity index (χ4n) is 4.42. The van der Waals surface area contributed by atoms with Gasteiger partial charge in [0.2, 0.25) is 5.91 Å². The van der Waals surface area contributed by atoms with Gasteiger partial charge in [0.15, 0.2) is 5.65 Å². The van der Waals surface area contributed by atoms with Gasteiger partial charge in [0.1, 0.15) is 23.4 Å². The first kappa shape index (κ1) is 23.4. The van der Waals surface area contributed by atoms with Gasteiger partial charge in [0, 0.05) is 48.6 Å². The van der Waals surface area contributed by atoms with Gasteiger partial charge in [-0.15, -0.1) is 0 Å². The molecule has 2 unspecified atom stereocenters. The lowest BCUT2D eigenvalue weighted by atomic mass is 9.94. The topological polar surface area (TPSA) is 128 Å². The minimum atomic E-state index is -0.303. The number of carbonyl (C=O) groups is 2. The van der Waals surface area contributed by atoms with Gasteiger partial charge in [-0.05, 0) is 32.0 Å². The van der Waals surface area contributed by atoms with E-state index < -0.39 is 0 Å². The SMILES string of the molecule is CCC(=O)Nc1ccc(-c2cnc3n[nH]c(C4=NC5C(C(=O)N(CC)CC)=CC=CC5N4)c3c2)cn1. The van der Waals surface area contributed by atoms with E-state index in [1.54, 1.807) is 25.4 Å². The van der Waals surface area contributed by atoms with E-state index in [2.05, 4.69) is 30.8 Å². The van der Waals surface area contributed by atoms with Crippen molar-refractivity contribution in [3.05, 3.63) is 60.1 Å². The largest absolute Gasteiger partial charge is 0.360 e. The Hall–Kier alpha value is -4.34. The van der Waals surface area contributed by atoms with E-state index >= 15 is 0 Å². The first-order valence-electron chi connectivity index (χ1n) is 12.1. The van der Waals surface area contributed by atoms with Crippen molar-refractivity contribution in [2.24, 2.45) is 4.99 Å². The molecule has 0 aromatic carbocycles. The minimum absolute atomic E-state index is 0.00986. The van der Waals surface area contributed by atoms with E-state index in [-0.39, 0.29) is 23.9 Å². The Morgan fingerprint density at radius 3 is 2.61 bits per heavy atom. The van der Waals surface area contributed by atoms with Crippen LogP contribution in [0.15, 0.2) is 59.4 Å². The molecule has 4 heterocycles. The predicted molar refractivity (Wildman–Crippen MR) is 138 cm³/mol. The van der Waals surface area contributed by atoms with Gasteiger partial charge >= 0.3 is 0 Å². The van der Waals surface area contributed by atoms with E-state index in [9.17, 15) is 9.59 Å². The van der Waals surface area contributed by atoms with Crippen LogP contribution in [0.5, 0.6) is 0 Å². The smallest absolute Gasteiger partial charge is 0.252 e. The number of allylic oxidation sites excluding steroid dienone is 2. The van der Waals surface area contributed by atoms with Crippen LogP contribution >= 0.6 is 0 Å². The van der Waals surface area contributed by atoms with Crippen LogP contribution in [0.25, 0.3) is 22.2 Å². The highest BCUT2D eigenvalue weighted by molar-refractivity contribution is 6.09. The number of pyridine rings is 2. The minimum Gasteiger partial charge on any atom is -0.360 e. The molecule has 2 amide bonds. The number of aromatic nitrogens is 4. The summed E-state index contributed by atoms with van der Waals surface area (Å²) < 4.78 is 0. The average Bonchev–Trinajstić information content (AvgIpc) is 3.53.